The third kappa shape index (κ3) is 1.54. The quantitative estimate of drug-likeness (QED) is 0.902. The van der Waals surface area contributed by atoms with Crippen LogP contribution in [0.5, 0.6) is 11.5 Å². The van der Waals surface area contributed by atoms with Gasteiger partial charge in [0.1, 0.15) is 0 Å². The third-order valence-electron chi connectivity index (χ3n) is 3.31. The van der Waals surface area contributed by atoms with Gasteiger partial charge in [0.05, 0.1) is 19.9 Å². The zero-order valence-electron chi connectivity index (χ0n) is 10.3. The highest BCUT2D eigenvalue weighted by Crippen LogP contribution is 2.38. The minimum Gasteiger partial charge on any atom is -0.493 e. The summed E-state index contributed by atoms with van der Waals surface area (Å²) >= 11 is 1.46. The predicted octanol–water partition coefficient (Wildman–Crippen LogP) is 2.27. The first-order valence-corrected chi connectivity index (χ1v) is 6.60. The molecule has 0 saturated carbocycles. The molecule has 0 spiro atoms. The van der Waals surface area contributed by atoms with Gasteiger partial charge in [-0.15, -0.1) is 11.3 Å². The molecule has 1 aromatic heterocycles. The molecule has 0 bridgehead atoms. The van der Waals surface area contributed by atoms with E-state index in [0.717, 1.165) is 35.7 Å². The summed E-state index contributed by atoms with van der Waals surface area (Å²) in [5.74, 6) is 1.51. The van der Waals surface area contributed by atoms with Gasteiger partial charge in [-0.2, -0.15) is 0 Å². The summed E-state index contributed by atoms with van der Waals surface area (Å²) in [5.41, 5.74) is 3.51. The number of fused-ring (bicyclic) bond motifs is 3. The zero-order valence-corrected chi connectivity index (χ0v) is 11.1. The Hall–Kier alpha value is -1.75. The topological polar surface area (TPSA) is 47.2 Å². The smallest absolute Gasteiger partial charge is 0.182 e. The number of ether oxygens (including phenoxy) is 2. The summed E-state index contributed by atoms with van der Waals surface area (Å²) in [7, 11) is 3.30. The Morgan fingerprint density at radius 1 is 1.22 bits per heavy atom. The van der Waals surface area contributed by atoms with Crippen LogP contribution in [0.1, 0.15) is 5.56 Å². The molecule has 1 N–H and O–H groups in total. The van der Waals surface area contributed by atoms with Gasteiger partial charge in [-0.1, -0.05) is 0 Å². The Bertz CT molecular complexity index is 657. The number of hydrogen-bond acceptors (Lipinski definition) is 4. The van der Waals surface area contributed by atoms with E-state index in [-0.39, 0.29) is 0 Å². The van der Waals surface area contributed by atoms with Crippen LogP contribution in [-0.2, 0) is 13.0 Å². The summed E-state index contributed by atoms with van der Waals surface area (Å²) in [4.78, 5) is 0.602. The zero-order chi connectivity index (χ0) is 12.7. The van der Waals surface area contributed by atoms with Crippen molar-refractivity contribution < 1.29 is 9.47 Å². The number of aryl methyl sites for hydroxylation is 1. The molecule has 0 saturated heterocycles. The molecule has 0 radical (unpaired) electrons. The number of rotatable bonds is 2. The molecule has 5 heteroatoms. The molecule has 0 fully saturated rings. The van der Waals surface area contributed by atoms with Gasteiger partial charge >= 0.3 is 0 Å². The standard InChI is InChI=1S/C13H14N2O2S/c1-16-11-5-8-3-4-15-10(7-18-13(15)14)9(8)6-12(11)17-2/h5-7,14H,3-4H2,1-2H3. The molecule has 18 heavy (non-hydrogen) atoms. The highest BCUT2D eigenvalue weighted by atomic mass is 32.1. The van der Waals surface area contributed by atoms with E-state index in [1.54, 1.807) is 14.2 Å². The molecule has 1 aromatic carbocycles. The Labute approximate surface area is 109 Å². The van der Waals surface area contributed by atoms with Gasteiger partial charge in [0.2, 0.25) is 0 Å². The van der Waals surface area contributed by atoms with Gasteiger partial charge in [0.15, 0.2) is 16.3 Å². The maximum Gasteiger partial charge on any atom is 0.182 e. The number of methoxy groups -OCH3 is 2. The first-order chi connectivity index (χ1) is 8.74. The number of thiazole rings is 1. The van der Waals surface area contributed by atoms with Gasteiger partial charge in [0, 0.05) is 17.5 Å². The highest BCUT2D eigenvalue weighted by Gasteiger charge is 2.20. The summed E-state index contributed by atoms with van der Waals surface area (Å²) in [6.45, 7) is 0.861. The Morgan fingerprint density at radius 2 is 1.94 bits per heavy atom. The molecular formula is C13H14N2O2S. The molecule has 0 atom stereocenters. The number of aromatic nitrogens is 1. The van der Waals surface area contributed by atoms with Crippen LogP contribution in [0.4, 0.5) is 0 Å². The average molecular weight is 262 g/mol. The monoisotopic (exact) mass is 262 g/mol. The van der Waals surface area contributed by atoms with E-state index in [1.807, 2.05) is 22.1 Å². The summed E-state index contributed by atoms with van der Waals surface area (Å²) in [6.07, 6.45) is 0.927. The summed E-state index contributed by atoms with van der Waals surface area (Å²) in [6, 6.07) is 4.05. The number of nitrogens with zero attached hydrogens (tertiary/aromatic N) is 1. The van der Waals surface area contributed by atoms with Crippen molar-refractivity contribution in [1.29, 1.82) is 5.41 Å². The van der Waals surface area contributed by atoms with Gasteiger partial charge in [-0.25, -0.2) is 0 Å². The minimum absolute atomic E-state index is 0.602. The Kier molecular flexibility index (Phi) is 2.63. The van der Waals surface area contributed by atoms with Crippen LogP contribution in [0.25, 0.3) is 11.3 Å². The van der Waals surface area contributed by atoms with E-state index in [0.29, 0.717) is 4.80 Å². The Morgan fingerprint density at radius 3 is 2.67 bits per heavy atom. The number of nitrogens with one attached hydrogen (secondary N) is 1. The average Bonchev–Trinajstić information content (AvgIpc) is 2.79. The van der Waals surface area contributed by atoms with Gasteiger partial charge in [0.25, 0.3) is 0 Å². The molecule has 2 heterocycles. The lowest BCUT2D eigenvalue weighted by atomic mass is 9.98. The molecule has 2 aromatic rings. The summed E-state index contributed by atoms with van der Waals surface area (Å²) in [5, 5.41) is 9.91. The molecule has 0 aliphatic carbocycles. The van der Waals surface area contributed by atoms with Gasteiger partial charge < -0.3 is 14.0 Å². The van der Waals surface area contributed by atoms with E-state index < -0.39 is 0 Å². The van der Waals surface area contributed by atoms with Crippen LogP contribution in [0.3, 0.4) is 0 Å². The van der Waals surface area contributed by atoms with Crippen molar-refractivity contribution in [2.75, 3.05) is 14.2 Å². The van der Waals surface area contributed by atoms with Crippen molar-refractivity contribution >= 4 is 11.3 Å². The molecule has 0 amide bonds. The molecular weight excluding hydrogens is 248 g/mol. The molecule has 94 valence electrons. The lowest BCUT2D eigenvalue weighted by Gasteiger charge is -2.20. The second-order valence-electron chi connectivity index (χ2n) is 4.19. The van der Waals surface area contributed by atoms with E-state index >= 15 is 0 Å². The third-order valence-corrected chi connectivity index (χ3v) is 4.09. The van der Waals surface area contributed by atoms with Crippen molar-refractivity contribution in [2.45, 2.75) is 13.0 Å². The van der Waals surface area contributed by atoms with Crippen molar-refractivity contribution in [3.8, 4) is 22.8 Å². The number of hydrogen-bond donors (Lipinski definition) is 1. The molecule has 0 unspecified atom stereocenters. The van der Waals surface area contributed by atoms with Crippen LogP contribution in [0.15, 0.2) is 17.5 Å². The van der Waals surface area contributed by atoms with E-state index in [2.05, 4.69) is 0 Å². The van der Waals surface area contributed by atoms with Crippen molar-refractivity contribution in [2.24, 2.45) is 0 Å². The van der Waals surface area contributed by atoms with Gasteiger partial charge in [-0.3, -0.25) is 5.41 Å². The first-order valence-electron chi connectivity index (χ1n) is 5.72. The van der Waals surface area contributed by atoms with Gasteiger partial charge in [-0.05, 0) is 24.1 Å². The molecule has 4 nitrogen and oxygen atoms in total. The fourth-order valence-electron chi connectivity index (χ4n) is 2.38. The molecule has 3 rings (SSSR count). The van der Waals surface area contributed by atoms with E-state index in [9.17, 15) is 0 Å². The Balaban J connectivity index is 2.24. The van der Waals surface area contributed by atoms with Crippen molar-refractivity contribution in [1.82, 2.24) is 4.57 Å². The largest absolute Gasteiger partial charge is 0.493 e. The van der Waals surface area contributed by atoms with Crippen LogP contribution in [0, 0.1) is 5.41 Å². The highest BCUT2D eigenvalue weighted by molar-refractivity contribution is 7.07. The lowest BCUT2D eigenvalue weighted by Crippen LogP contribution is -2.20. The van der Waals surface area contributed by atoms with Crippen LogP contribution < -0.4 is 14.3 Å². The second kappa shape index (κ2) is 4.17. The van der Waals surface area contributed by atoms with Crippen molar-refractivity contribution in [3.63, 3.8) is 0 Å². The van der Waals surface area contributed by atoms with Crippen LogP contribution in [0.2, 0.25) is 0 Å². The number of benzene rings is 1. The fourth-order valence-corrected chi connectivity index (χ4v) is 3.17. The van der Waals surface area contributed by atoms with Crippen LogP contribution >= 0.6 is 11.3 Å². The van der Waals surface area contributed by atoms with E-state index in [1.165, 1.54) is 16.9 Å². The predicted molar refractivity (Wildman–Crippen MR) is 70.4 cm³/mol. The lowest BCUT2D eigenvalue weighted by molar-refractivity contribution is 0.354. The summed E-state index contributed by atoms with van der Waals surface area (Å²) < 4.78 is 12.7. The van der Waals surface area contributed by atoms with Crippen molar-refractivity contribution in [3.05, 3.63) is 27.9 Å². The maximum atomic E-state index is 7.87. The van der Waals surface area contributed by atoms with E-state index in [4.69, 9.17) is 14.9 Å². The normalized spacial score (nSPS) is 12.8. The molecule has 1 aliphatic heterocycles. The fraction of sp³-hybridized carbons (Fsp3) is 0.308. The SMILES string of the molecule is COc1cc2c(cc1OC)-c1csc(=N)n1CC2. The second-order valence-corrected chi connectivity index (χ2v) is 5.05. The first kappa shape index (κ1) is 11.3. The van der Waals surface area contributed by atoms with Crippen LogP contribution in [-0.4, -0.2) is 18.8 Å². The maximum absolute atomic E-state index is 7.87. The molecule has 1 aliphatic rings. The minimum atomic E-state index is 0.602.